The van der Waals surface area contributed by atoms with Gasteiger partial charge >= 0.3 is 0 Å². The lowest BCUT2D eigenvalue weighted by Crippen LogP contribution is -2.45. The molecule has 4 nitrogen and oxygen atoms in total. The molecule has 1 fully saturated rings. The van der Waals surface area contributed by atoms with E-state index in [1.807, 2.05) is 0 Å². The number of hydrogen-bond donors (Lipinski definition) is 1. The lowest BCUT2D eigenvalue weighted by atomic mass is 10.0. The minimum atomic E-state index is 0.692. The summed E-state index contributed by atoms with van der Waals surface area (Å²) in [6.07, 6.45) is 2.55. The number of likely N-dealkylation sites (N-methyl/N-ethyl adjacent to an activating group) is 1. The minimum absolute atomic E-state index is 0.692. The maximum atomic E-state index is 5.58. The van der Waals surface area contributed by atoms with Crippen molar-refractivity contribution < 1.29 is 4.74 Å². The predicted octanol–water partition coefficient (Wildman–Crippen LogP) is 1.03. The standard InChI is InChI=1S/C14H31N3O/c1-13(2)17-8-5-14(6-9-17)15-7-11-18-12-10-16(3)4/h13-15H,5-12H2,1-4H3. The molecule has 0 atom stereocenters. The van der Waals surface area contributed by atoms with Crippen molar-refractivity contribution >= 4 is 0 Å². The first kappa shape index (κ1) is 15.9. The van der Waals surface area contributed by atoms with E-state index in [9.17, 15) is 0 Å². The molecular formula is C14H31N3O. The smallest absolute Gasteiger partial charge is 0.0593 e. The Labute approximate surface area is 113 Å². The summed E-state index contributed by atoms with van der Waals surface area (Å²) in [5.74, 6) is 0. The number of rotatable bonds is 8. The first-order chi connectivity index (χ1) is 8.59. The summed E-state index contributed by atoms with van der Waals surface area (Å²) in [5.41, 5.74) is 0. The monoisotopic (exact) mass is 257 g/mol. The Bertz CT molecular complexity index is 201. The molecule has 0 spiro atoms. The summed E-state index contributed by atoms with van der Waals surface area (Å²) in [6.45, 7) is 10.7. The molecule has 108 valence electrons. The second kappa shape index (κ2) is 8.86. The average molecular weight is 257 g/mol. The van der Waals surface area contributed by atoms with Gasteiger partial charge in [-0.3, -0.25) is 0 Å². The van der Waals surface area contributed by atoms with E-state index in [0.29, 0.717) is 12.1 Å². The minimum Gasteiger partial charge on any atom is -0.379 e. The van der Waals surface area contributed by atoms with Gasteiger partial charge in [-0.2, -0.15) is 0 Å². The normalized spacial score (nSPS) is 19.0. The summed E-state index contributed by atoms with van der Waals surface area (Å²) < 4.78 is 5.58. The molecule has 0 radical (unpaired) electrons. The molecule has 0 aliphatic carbocycles. The van der Waals surface area contributed by atoms with Gasteiger partial charge in [0.05, 0.1) is 13.2 Å². The van der Waals surface area contributed by atoms with Gasteiger partial charge in [0.2, 0.25) is 0 Å². The van der Waals surface area contributed by atoms with Crippen LogP contribution in [0.15, 0.2) is 0 Å². The van der Waals surface area contributed by atoms with Crippen molar-refractivity contribution in [2.45, 2.75) is 38.8 Å². The zero-order valence-corrected chi connectivity index (χ0v) is 12.6. The van der Waals surface area contributed by atoms with E-state index in [0.717, 1.165) is 26.3 Å². The fourth-order valence-electron chi connectivity index (χ4n) is 2.30. The number of nitrogens with one attached hydrogen (secondary N) is 1. The highest BCUT2D eigenvalue weighted by Gasteiger charge is 2.19. The Morgan fingerprint density at radius 3 is 2.44 bits per heavy atom. The molecule has 1 aliphatic rings. The van der Waals surface area contributed by atoms with E-state index >= 15 is 0 Å². The second-order valence-electron chi connectivity index (χ2n) is 5.77. The van der Waals surface area contributed by atoms with Crippen LogP contribution in [0.1, 0.15) is 26.7 Å². The van der Waals surface area contributed by atoms with Crippen LogP contribution in [0.4, 0.5) is 0 Å². The SMILES string of the molecule is CC(C)N1CCC(NCCOCCN(C)C)CC1. The first-order valence-corrected chi connectivity index (χ1v) is 7.29. The summed E-state index contributed by atoms with van der Waals surface area (Å²) in [7, 11) is 4.15. The van der Waals surface area contributed by atoms with Crippen molar-refractivity contribution in [2.75, 3.05) is 53.5 Å². The molecule has 0 aromatic rings. The van der Waals surface area contributed by atoms with E-state index in [1.54, 1.807) is 0 Å². The number of piperidine rings is 1. The maximum absolute atomic E-state index is 5.58. The third kappa shape index (κ3) is 6.69. The largest absolute Gasteiger partial charge is 0.379 e. The quantitative estimate of drug-likeness (QED) is 0.657. The van der Waals surface area contributed by atoms with Crippen LogP contribution in [0, 0.1) is 0 Å². The molecule has 18 heavy (non-hydrogen) atoms. The van der Waals surface area contributed by atoms with Crippen molar-refractivity contribution in [2.24, 2.45) is 0 Å². The molecular weight excluding hydrogens is 226 g/mol. The van der Waals surface area contributed by atoms with Crippen molar-refractivity contribution in [3.8, 4) is 0 Å². The van der Waals surface area contributed by atoms with Gasteiger partial charge in [-0.05, 0) is 53.9 Å². The van der Waals surface area contributed by atoms with Gasteiger partial charge in [0, 0.05) is 25.2 Å². The molecule has 0 aromatic heterocycles. The Kier molecular flexibility index (Phi) is 7.82. The van der Waals surface area contributed by atoms with Crippen molar-refractivity contribution in [1.29, 1.82) is 0 Å². The van der Waals surface area contributed by atoms with E-state index in [4.69, 9.17) is 4.74 Å². The first-order valence-electron chi connectivity index (χ1n) is 7.29. The van der Waals surface area contributed by atoms with Gasteiger partial charge in [0.15, 0.2) is 0 Å². The summed E-state index contributed by atoms with van der Waals surface area (Å²) in [5, 5.41) is 3.60. The van der Waals surface area contributed by atoms with Crippen molar-refractivity contribution in [3.63, 3.8) is 0 Å². The molecule has 1 rings (SSSR count). The molecule has 1 heterocycles. The van der Waals surface area contributed by atoms with Crippen molar-refractivity contribution in [3.05, 3.63) is 0 Å². The lowest BCUT2D eigenvalue weighted by molar-refractivity contribution is 0.111. The summed E-state index contributed by atoms with van der Waals surface area (Å²) in [4.78, 5) is 4.71. The van der Waals surface area contributed by atoms with E-state index < -0.39 is 0 Å². The molecule has 1 N–H and O–H groups in total. The highest BCUT2D eigenvalue weighted by atomic mass is 16.5. The van der Waals surface area contributed by atoms with Crippen LogP contribution in [0.5, 0.6) is 0 Å². The van der Waals surface area contributed by atoms with Gasteiger partial charge in [-0.25, -0.2) is 0 Å². The molecule has 1 aliphatic heterocycles. The van der Waals surface area contributed by atoms with Crippen LogP contribution < -0.4 is 5.32 Å². The lowest BCUT2D eigenvalue weighted by Gasteiger charge is -2.35. The van der Waals surface area contributed by atoms with Crippen LogP contribution in [0.2, 0.25) is 0 Å². The fraction of sp³-hybridized carbons (Fsp3) is 1.00. The number of likely N-dealkylation sites (tertiary alicyclic amines) is 1. The Morgan fingerprint density at radius 2 is 1.89 bits per heavy atom. The molecule has 4 heteroatoms. The maximum Gasteiger partial charge on any atom is 0.0593 e. The van der Waals surface area contributed by atoms with Crippen LogP contribution in [-0.4, -0.2) is 75.4 Å². The summed E-state index contributed by atoms with van der Waals surface area (Å²) in [6, 6.07) is 1.39. The predicted molar refractivity (Wildman–Crippen MR) is 77.1 cm³/mol. The highest BCUT2D eigenvalue weighted by molar-refractivity contribution is 4.78. The molecule has 0 bridgehead atoms. The van der Waals surface area contributed by atoms with Crippen molar-refractivity contribution in [1.82, 2.24) is 15.1 Å². The topological polar surface area (TPSA) is 27.7 Å². The van der Waals surface area contributed by atoms with Gasteiger partial charge in [-0.1, -0.05) is 0 Å². The van der Waals surface area contributed by atoms with Gasteiger partial charge in [0.25, 0.3) is 0 Å². The third-order valence-electron chi connectivity index (χ3n) is 3.62. The average Bonchev–Trinajstić information content (AvgIpc) is 2.34. The van der Waals surface area contributed by atoms with Gasteiger partial charge < -0.3 is 19.9 Å². The Hall–Kier alpha value is -0.160. The third-order valence-corrected chi connectivity index (χ3v) is 3.62. The Balaban J connectivity index is 1.95. The Morgan fingerprint density at radius 1 is 1.22 bits per heavy atom. The molecule has 0 saturated carbocycles. The van der Waals surface area contributed by atoms with Crippen LogP contribution in [0.25, 0.3) is 0 Å². The molecule has 0 aromatic carbocycles. The number of hydrogen-bond acceptors (Lipinski definition) is 4. The zero-order valence-electron chi connectivity index (χ0n) is 12.6. The number of ether oxygens (including phenoxy) is 1. The van der Waals surface area contributed by atoms with Crippen LogP contribution >= 0.6 is 0 Å². The van der Waals surface area contributed by atoms with Crippen LogP contribution in [0.3, 0.4) is 0 Å². The van der Waals surface area contributed by atoms with E-state index in [-0.39, 0.29) is 0 Å². The van der Waals surface area contributed by atoms with E-state index in [2.05, 4.69) is 43.1 Å². The fourth-order valence-corrected chi connectivity index (χ4v) is 2.30. The van der Waals surface area contributed by atoms with Gasteiger partial charge in [0.1, 0.15) is 0 Å². The number of nitrogens with zero attached hydrogens (tertiary/aromatic N) is 2. The molecule has 1 saturated heterocycles. The van der Waals surface area contributed by atoms with Gasteiger partial charge in [-0.15, -0.1) is 0 Å². The summed E-state index contributed by atoms with van der Waals surface area (Å²) >= 11 is 0. The highest BCUT2D eigenvalue weighted by Crippen LogP contribution is 2.12. The van der Waals surface area contributed by atoms with E-state index in [1.165, 1.54) is 25.9 Å². The van der Waals surface area contributed by atoms with Crippen LogP contribution in [-0.2, 0) is 4.74 Å². The zero-order chi connectivity index (χ0) is 13.4. The molecule has 0 amide bonds. The molecule has 0 unspecified atom stereocenters. The second-order valence-corrected chi connectivity index (χ2v) is 5.77.